The number of piperidine rings is 1. The fraction of sp³-hybridized carbons (Fsp3) is 0.435. The van der Waals surface area contributed by atoms with Crippen LogP contribution in [0.15, 0.2) is 53.4 Å². The number of hydrogen-bond donors (Lipinski definition) is 1. The van der Waals surface area contributed by atoms with Crippen molar-refractivity contribution in [2.24, 2.45) is 5.92 Å². The molecule has 2 aromatic carbocycles. The minimum atomic E-state index is -1.39. The maximum atomic E-state index is 12.8. The quantitative estimate of drug-likeness (QED) is 0.689. The third-order valence-electron chi connectivity index (χ3n) is 4.96. The van der Waals surface area contributed by atoms with Crippen molar-refractivity contribution in [1.82, 2.24) is 0 Å². The molecule has 6 nitrogen and oxygen atoms in total. The second kappa shape index (κ2) is 9.51. The molecule has 162 valence electrons. The van der Waals surface area contributed by atoms with E-state index < -0.39 is 16.6 Å². The van der Waals surface area contributed by atoms with E-state index in [1.165, 1.54) is 0 Å². The molecule has 1 atom stereocenters. The number of esters is 1. The summed E-state index contributed by atoms with van der Waals surface area (Å²) in [6.07, 6.45) is 1.48. The van der Waals surface area contributed by atoms with Gasteiger partial charge in [-0.05, 0) is 70.0 Å². The number of nitrogens with zero attached hydrogens (tertiary/aromatic N) is 1. The van der Waals surface area contributed by atoms with Crippen LogP contribution in [0, 0.1) is 5.92 Å². The Morgan fingerprint density at radius 3 is 2.30 bits per heavy atom. The van der Waals surface area contributed by atoms with Gasteiger partial charge in [-0.2, -0.15) is 0 Å². The Balaban J connectivity index is 1.65. The molecule has 0 saturated carbocycles. The van der Waals surface area contributed by atoms with E-state index in [1.807, 2.05) is 45.0 Å². The molecule has 1 heterocycles. The Morgan fingerprint density at radius 1 is 1.07 bits per heavy atom. The highest BCUT2D eigenvalue weighted by Gasteiger charge is 2.29. The van der Waals surface area contributed by atoms with Gasteiger partial charge < -0.3 is 14.4 Å². The average molecular weight is 431 g/mol. The van der Waals surface area contributed by atoms with Crippen LogP contribution in [-0.4, -0.2) is 36.0 Å². The Labute approximate surface area is 181 Å². The number of nitrogens with one attached hydrogen (secondary N) is 1. The Morgan fingerprint density at radius 2 is 1.70 bits per heavy atom. The lowest BCUT2D eigenvalue weighted by Crippen LogP contribution is -2.39. The zero-order valence-electron chi connectivity index (χ0n) is 18.0. The van der Waals surface area contributed by atoms with Crippen molar-refractivity contribution >= 4 is 28.3 Å². The molecule has 0 radical (unpaired) electrons. The number of benzene rings is 2. The first-order valence-corrected chi connectivity index (χ1v) is 11.3. The van der Waals surface area contributed by atoms with Crippen molar-refractivity contribution in [3.63, 3.8) is 0 Å². The zero-order chi connectivity index (χ0) is 21.7. The molecular weight excluding hydrogens is 400 g/mol. The molecule has 7 heteroatoms. The third kappa shape index (κ3) is 5.75. The predicted molar refractivity (Wildman–Crippen MR) is 120 cm³/mol. The van der Waals surface area contributed by atoms with E-state index in [2.05, 4.69) is 9.62 Å². The highest BCUT2D eigenvalue weighted by molar-refractivity contribution is 7.86. The zero-order valence-corrected chi connectivity index (χ0v) is 18.8. The molecule has 1 aliphatic rings. The minimum Gasteiger partial charge on any atom is -0.497 e. The maximum absolute atomic E-state index is 12.8. The SMILES string of the molecule is COc1ccc(S(=O)Nc2ccccc2N2CCC(C(=O)OC(C)(C)C)CC2)cc1. The number of ether oxygens (including phenoxy) is 2. The van der Waals surface area contributed by atoms with Crippen molar-refractivity contribution in [1.29, 1.82) is 0 Å². The van der Waals surface area contributed by atoms with Crippen LogP contribution >= 0.6 is 0 Å². The molecule has 2 aromatic rings. The Kier molecular flexibility index (Phi) is 7.02. The summed E-state index contributed by atoms with van der Waals surface area (Å²) < 4.78 is 26.6. The number of carbonyl (C=O) groups is 1. The molecule has 30 heavy (non-hydrogen) atoms. The normalized spacial score (nSPS) is 16.1. The molecule has 1 N–H and O–H groups in total. The minimum absolute atomic E-state index is 0.0750. The molecule has 0 aromatic heterocycles. The first-order chi connectivity index (χ1) is 14.3. The van der Waals surface area contributed by atoms with Gasteiger partial charge in [-0.15, -0.1) is 0 Å². The molecule has 0 aliphatic carbocycles. The molecule has 1 fully saturated rings. The van der Waals surface area contributed by atoms with Gasteiger partial charge >= 0.3 is 5.97 Å². The fourth-order valence-corrected chi connectivity index (χ4v) is 4.31. The van der Waals surface area contributed by atoms with Crippen molar-refractivity contribution in [3.8, 4) is 5.75 Å². The van der Waals surface area contributed by atoms with Crippen molar-refractivity contribution in [2.45, 2.75) is 44.1 Å². The molecule has 0 spiro atoms. The van der Waals surface area contributed by atoms with Gasteiger partial charge in [0.25, 0.3) is 0 Å². The predicted octanol–water partition coefficient (Wildman–Crippen LogP) is 4.39. The smallest absolute Gasteiger partial charge is 0.309 e. The van der Waals surface area contributed by atoms with Gasteiger partial charge in [0.05, 0.1) is 29.3 Å². The monoisotopic (exact) mass is 430 g/mol. The van der Waals surface area contributed by atoms with Crippen LogP contribution in [0.5, 0.6) is 5.75 Å². The van der Waals surface area contributed by atoms with Crippen LogP contribution in [0.4, 0.5) is 11.4 Å². The second-order valence-corrected chi connectivity index (χ2v) is 9.57. The van der Waals surface area contributed by atoms with Crippen LogP contribution in [0.3, 0.4) is 0 Å². The summed E-state index contributed by atoms with van der Waals surface area (Å²) >= 11 is 0. The summed E-state index contributed by atoms with van der Waals surface area (Å²) in [5.74, 6) is 0.534. The van der Waals surface area contributed by atoms with Gasteiger partial charge in [-0.25, -0.2) is 4.21 Å². The molecule has 1 unspecified atom stereocenters. The van der Waals surface area contributed by atoms with Crippen molar-refractivity contribution in [3.05, 3.63) is 48.5 Å². The highest BCUT2D eigenvalue weighted by atomic mass is 32.2. The summed E-state index contributed by atoms with van der Waals surface area (Å²) in [6, 6.07) is 15.0. The van der Waals surface area contributed by atoms with E-state index in [-0.39, 0.29) is 11.9 Å². The Hall–Kier alpha value is -2.54. The summed E-state index contributed by atoms with van der Waals surface area (Å²) in [5.41, 5.74) is 1.33. The van der Waals surface area contributed by atoms with E-state index in [1.54, 1.807) is 31.4 Å². The molecule has 3 rings (SSSR count). The molecule has 0 amide bonds. The van der Waals surface area contributed by atoms with E-state index >= 15 is 0 Å². The van der Waals surface area contributed by atoms with Gasteiger partial charge in [0.15, 0.2) is 0 Å². The van der Waals surface area contributed by atoms with Crippen LogP contribution in [0.1, 0.15) is 33.6 Å². The number of para-hydroxylation sites is 2. The summed E-state index contributed by atoms with van der Waals surface area (Å²) in [5, 5.41) is 0. The molecular formula is C23H30N2O4S. The van der Waals surface area contributed by atoms with E-state index in [4.69, 9.17) is 9.47 Å². The largest absolute Gasteiger partial charge is 0.497 e. The lowest BCUT2D eigenvalue weighted by atomic mass is 9.96. The average Bonchev–Trinajstić information content (AvgIpc) is 2.73. The molecule has 0 bridgehead atoms. The lowest BCUT2D eigenvalue weighted by molar-refractivity contribution is -0.160. The summed E-state index contributed by atoms with van der Waals surface area (Å²) in [6.45, 7) is 7.18. The van der Waals surface area contributed by atoms with Crippen LogP contribution in [-0.2, 0) is 20.5 Å². The molecule has 1 aliphatic heterocycles. The second-order valence-electron chi connectivity index (χ2n) is 8.36. The highest BCUT2D eigenvalue weighted by Crippen LogP contribution is 2.31. The lowest BCUT2D eigenvalue weighted by Gasteiger charge is -2.34. The maximum Gasteiger partial charge on any atom is 0.309 e. The van der Waals surface area contributed by atoms with Gasteiger partial charge in [0.2, 0.25) is 0 Å². The van der Waals surface area contributed by atoms with E-state index in [0.29, 0.717) is 4.90 Å². The summed E-state index contributed by atoms with van der Waals surface area (Å²) in [7, 11) is 0.212. The fourth-order valence-electron chi connectivity index (χ4n) is 3.44. The number of rotatable bonds is 6. The number of anilines is 2. The van der Waals surface area contributed by atoms with Gasteiger partial charge in [-0.1, -0.05) is 12.1 Å². The standard InChI is InChI=1S/C23H30N2O4S/c1-23(2,3)29-22(26)17-13-15-25(16-14-17)21-8-6-5-7-20(21)24-30(27)19-11-9-18(28-4)10-12-19/h5-12,17,24H,13-16H2,1-4H3. The first-order valence-electron chi connectivity index (χ1n) is 10.2. The van der Waals surface area contributed by atoms with Crippen LogP contribution < -0.4 is 14.4 Å². The van der Waals surface area contributed by atoms with Gasteiger partial charge in [-0.3, -0.25) is 9.52 Å². The number of hydrogen-bond acceptors (Lipinski definition) is 5. The Bertz CT molecular complexity index is 885. The van der Waals surface area contributed by atoms with Gasteiger partial charge in [0, 0.05) is 13.1 Å². The van der Waals surface area contributed by atoms with Crippen molar-refractivity contribution < 1.29 is 18.5 Å². The van der Waals surface area contributed by atoms with Crippen LogP contribution in [0.25, 0.3) is 0 Å². The van der Waals surface area contributed by atoms with Crippen molar-refractivity contribution in [2.75, 3.05) is 29.8 Å². The summed E-state index contributed by atoms with van der Waals surface area (Å²) in [4.78, 5) is 15.3. The number of carbonyl (C=O) groups excluding carboxylic acids is 1. The first kappa shape index (κ1) is 22.2. The topological polar surface area (TPSA) is 67.9 Å². The van der Waals surface area contributed by atoms with Crippen LogP contribution in [0.2, 0.25) is 0 Å². The molecule has 1 saturated heterocycles. The van der Waals surface area contributed by atoms with Gasteiger partial charge in [0.1, 0.15) is 22.3 Å². The number of methoxy groups -OCH3 is 1. The van der Waals surface area contributed by atoms with E-state index in [9.17, 15) is 9.00 Å². The van der Waals surface area contributed by atoms with E-state index in [0.717, 1.165) is 43.1 Å². The third-order valence-corrected chi connectivity index (χ3v) is 6.06.